The minimum atomic E-state index is 0.591. The quantitative estimate of drug-likeness (QED) is 0.770. The average Bonchev–Trinajstić information content (AvgIpc) is 2.20. The number of rotatable bonds is 1. The lowest BCUT2D eigenvalue weighted by molar-refractivity contribution is 0.344. The number of pyridine rings is 1. The highest BCUT2D eigenvalue weighted by molar-refractivity contribution is 6.30. The Morgan fingerprint density at radius 3 is 3.00 bits per heavy atom. The normalized spacial score (nSPS) is 27.6. The lowest BCUT2D eigenvalue weighted by Crippen LogP contribution is -2.34. The molecule has 0 bridgehead atoms. The highest BCUT2D eigenvalue weighted by Crippen LogP contribution is 2.28. The van der Waals surface area contributed by atoms with Crippen LogP contribution in [0.4, 0.5) is 0 Å². The monoisotopic (exact) mass is 210 g/mol. The van der Waals surface area contributed by atoms with Crippen molar-refractivity contribution in [2.24, 2.45) is 5.92 Å². The summed E-state index contributed by atoms with van der Waals surface area (Å²) in [6.45, 7) is 4.46. The van der Waals surface area contributed by atoms with Gasteiger partial charge in [0, 0.05) is 17.8 Å². The molecule has 1 aliphatic rings. The Kier molecular flexibility index (Phi) is 3.04. The summed E-state index contributed by atoms with van der Waals surface area (Å²) in [6, 6.07) is 3.98. The molecule has 1 aliphatic heterocycles. The second-order valence-electron chi connectivity index (χ2n) is 3.98. The van der Waals surface area contributed by atoms with E-state index < -0.39 is 0 Å². The average molecular weight is 211 g/mol. The lowest BCUT2D eigenvalue weighted by atomic mass is 9.85. The molecule has 0 unspecified atom stereocenters. The van der Waals surface area contributed by atoms with Crippen molar-refractivity contribution < 1.29 is 0 Å². The van der Waals surface area contributed by atoms with Crippen LogP contribution in [0.3, 0.4) is 0 Å². The van der Waals surface area contributed by atoms with Gasteiger partial charge in [-0.15, -0.1) is 0 Å². The fourth-order valence-corrected chi connectivity index (χ4v) is 2.17. The molecule has 3 heteroatoms. The minimum absolute atomic E-state index is 0.591. The second-order valence-corrected chi connectivity index (χ2v) is 4.41. The zero-order valence-electron chi connectivity index (χ0n) is 8.33. The van der Waals surface area contributed by atoms with E-state index in [4.69, 9.17) is 11.6 Å². The molecule has 1 saturated heterocycles. The van der Waals surface area contributed by atoms with Crippen LogP contribution in [0.1, 0.15) is 25.0 Å². The fraction of sp³-hybridized carbons (Fsp3) is 0.545. The van der Waals surface area contributed by atoms with Gasteiger partial charge in [-0.05, 0) is 37.6 Å². The van der Waals surface area contributed by atoms with Gasteiger partial charge in [0.15, 0.2) is 0 Å². The van der Waals surface area contributed by atoms with E-state index in [2.05, 4.69) is 23.3 Å². The summed E-state index contributed by atoms with van der Waals surface area (Å²) in [4.78, 5) is 4.39. The number of piperidine rings is 1. The number of hydrogen-bond donors (Lipinski definition) is 1. The van der Waals surface area contributed by atoms with Gasteiger partial charge in [-0.3, -0.25) is 4.98 Å². The molecule has 0 aliphatic carbocycles. The van der Waals surface area contributed by atoms with Crippen molar-refractivity contribution in [3.63, 3.8) is 0 Å². The highest BCUT2D eigenvalue weighted by atomic mass is 35.5. The van der Waals surface area contributed by atoms with Crippen LogP contribution in [0.5, 0.6) is 0 Å². The maximum absolute atomic E-state index is 5.81. The van der Waals surface area contributed by atoms with Crippen molar-refractivity contribution >= 4 is 11.6 Å². The largest absolute Gasteiger partial charge is 0.316 e. The molecule has 1 aromatic rings. The van der Waals surface area contributed by atoms with Crippen LogP contribution in [0.15, 0.2) is 18.3 Å². The van der Waals surface area contributed by atoms with Gasteiger partial charge in [-0.1, -0.05) is 18.5 Å². The van der Waals surface area contributed by atoms with Gasteiger partial charge >= 0.3 is 0 Å². The van der Waals surface area contributed by atoms with Crippen LogP contribution < -0.4 is 5.32 Å². The van der Waals surface area contributed by atoms with Gasteiger partial charge in [0.1, 0.15) is 0 Å². The minimum Gasteiger partial charge on any atom is -0.316 e. The third-order valence-corrected chi connectivity index (χ3v) is 3.14. The molecule has 2 nitrogen and oxygen atoms in total. The van der Waals surface area contributed by atoms with Crippen LogP contribution in [-0.2, 0) is 0 Å². The first kappa shape index (κ1) is 9.94. The molecule has 14 heavy (non-hydrogen) atoms. The number of nitrogens with zero attached hydrogens (tertiary/aromatic N) is 1. The Labute approximate surface area is 89.7 Å². The number of halogens is 1. The molecular formula is C11H15ClN2. The van der Waals surface area contributed by atoms with Gasteiger partial charge in [-0.25, -0.2) is 0 Å². The summed E-state index contributed by atoms with van der Waals surface area (Å²) < 4.78 is 0. The topological polar surface area (TPSA) is 24.9 Å². The third-order valence-electron chi connectivity index (χ3n) is 2.92. The summed E-state index contributed by atoms with van der Waals surface area (Å²) in [5, 5.41) is 4.11. The molecule has 2 atom stereocenters. The van der Waals surface area contributed by atoms with Crippen molar-refractivity contribution in [3.05, 3.63) is 29.0 Å². The first-order valence-electron chi connectivity index (χ1n) is 5.09. The first-order chi connectivity index (χ1) is 6.77. The molecule has 76 valence electrons. The fourth-order valence-electron chi connectivity index (χ4n) is 2.06. The standard InChI is InChI=1S/C11H15ClN2/c1-8-6-13-5-4-10(8)11-3-2-9(12)7-14-11/h2-3,7-8,10,13H,4-6H2,1H3/t8-,10-/m1/s1. The van der Waals surface area contributed by atoms with Gasteiger partial charge in [0.05, 0.1) is 5.02 Å². The van der Waals surface area contributed by atoms with Gasteiger partial charge in [0.2, 0.25) is 0 Å². The third kappa shape index (κ3) is 2.07. The Morgan fingerprint density at radius 1 is 1.50 bits per heavy atom. The smallest absolute Gasteiger partial charge is 0.0589 e. The zero-order valence-corrected chi connectivity index (χ0v) is 9.09. The Morgan fingerprint density at radius 2 is 2.36 bits per heavy atom. The van der Waals surface area contributed by atoms with E-state index in [-0.39, 0.29) is 0 Å². The Bertz CT molecular complexity index is 297. The van der Waals surface area contributed by atoms with Crippen LogP contribution in [-0.4, -0.2) is 18.1 Å². The summed E-state index contributed by atoms with van der Waals surface area (Å²) in [5.74, 6) is 1.26. The van der Waals surface area contributed by atoms with Gasteiger partial charge in [0.25, 0.3) is 0 Å². The number of nitrogens with one attached hydrogen (secondary N) is 1. The molecule has 2 rings (SSSR count). The number of hydrogen-bond acceptors (Lipinski definition) is 2. The van der Waals surface area contributed by atoms with E-state index >= 15 is 0 Å². The summed E-state index contributed by atoms with van der Waals surface area (Å²) in [7, 11) is 0. The number of aromatic nitrogens is 1. The van der Waals surface area contributed by atoms with Crippen molar-refractivity contribution in [1.29, 1.82) is 0 Å². The summed E-state index contributed by atoms with van der Waals surface area (Å²) >= 11 is 5.81. The Balaban J connectivity index is 2.16. The molecule has 0 spiro atoms. The van der Waals surface area contributed by atoms with Crippen molar-refractivity contribution in [1.82, 2.24) is 10.3 Å². The van der Waals surface area contributed by atoms with E-state index in [1.165, 1.54) is 12.1 Å². The highest BCUT2D eigenvalue weighted by Gasteiger charge is 2.23. The van der Waals surface area contributed by atoms with Gasteiger partial charge in [-0.2, -0.15) is 0 Å². The van der Waals surface area contributed by atoms with Crippen molar-refractivity contribution in [3.8, 4) is 0 Å². The molecule has 2 heterocycles. The molecular weight excluding hydrogens is 196 g/mol. The van der Waals surface area contributed by atoms with Gasteiger partial charge < -0.3 is 5.32 Å². The molecule has 0 saturated carbocycles. The van der Waals surface area contributed by atoms with Crippen LogP contribution in [0.25, 0.3) is 0 Å². The van der Waals surface area contributed by atoms with E-state index in [0.29, 0.717) is 11.8 Å². The SMILES string of the molecule is C[C@@H]1CNCC[C@H]1c1ccc(Cl)cn1. The Hall–Kier alpha value is -0.600. The van der Waals surface area contributed by atoms with Crippen LogP contribution in [0.2, 0.25) is 5.02 Å². The van der Waals surface area contributed by atoms with E-state index in [9.17, 15) is 0 Å². The molecule has 0 aromatic carbocycles. The maximum Gasteiger partial charge on any atom is 0.0589 e. The maximum atomic E-state index is 5.81. The first-order valence-corrected chi connectivity index (χ1v) is 5.47. The molecule has 1 aromatic heterocycles. The van der Waals surface area contributed by atoms with E-state index in [0.717, 1.165) is 18.1 Å². The second kappa shape index (κ2) is 4.28. The summed E-state index contributed by atoms with van der Waals surface area (Å²) in [6.07, 6.45) is 2.92. The van der Waals surface area contributed by atoms with E-state index in [1.54, 1.807) is 6.20 Å². The molecule has 1 N–H and O–H groups in total. The van der Waals surface area contributed by atoms with Crippen LogP contribution in [0, 0.1) is 5.92 Å². The summed E-state index contributed by atoms with van der Waals surface area (Å²) in [5.41, 5.74) is 1.18. The van der Waals surface area contributed by atoms with E-state index in [1.807, 2.05) is 6.07 Å². The van der Waals surface area contributed by atoms with Crippen LogP contribution >= 0.6 is 11.6 Å². The molecule has 0 radical (unpaired) electrons. The van der Waals surface area contributed by atoms with Crippen molar-refractivity contribution in [2.75, 3.05) is 13.1 Å². The van der Waals surface area contributed by atoms with Crippen molar-refractivity contribution in [2.45, 2.75) is 19.3 Å². The lowest BCUT2D eigenvalue weighted by Gasteiger charge is -2.28. The predicted molar refractivity (Wildman–Crippen MR) is 58.6 cm³/mol. The molecule has 0 amide bonds. The zero-order chi connectivity index (χ0) is 9.97. The predicted octanol–water partition coefficient (Wildman–Crippen LogP) is 2.45. The molecule has 1 fully saturated rings.